The quantitative estimate of drug-likeness (QED) is 0.678. The number of hydrogen-bond acceptors (Lipinski definition) is 5. The van der Waals surface area contributed by atoms with E-state index in [9.17, 15) is 9.59 Å². The van der Waals surface area contributed by atoms with Gasteiger partial charge in [0.2, 0.25) is 0 Å². The number of esters is 2. The van der Waals surface area contributed by atoms with Gasteiger partial charge in [-0.25, -0.2) is 4.79 Å². The van der Waals surface area contributed by atoms with Gasteiger partial charge in [-0.15, -0.1) is 0 Å². The maximum Gasteiger partial charge on any atom is 0.347 e. The molecule has 0 aromatic heterocycles. The van der Waals surface area contributed by atoms with Crippen molar-refractivity contribution < 1.29 is 23.8 Å². The summed E-state index contributed by atoms with van der Waals surface area (Å²) in [6, 6.07) is 0. The fourth-order valence-corrected chi connectivity index (χ4v) is 2.57. The van der Waals surface area contributed by atoms with E-state index in [1.54, 1.807) is 0 Å². The lowest BCUT2D eigenvalue weighted by Crippen LogP contribution is -2.34. The first-order valence-electron chi connectivity index (χ1n) is 5.67. The highest BCUT2D eigenvalue weighted by Crippen LogP contribution is 2.49. The van der Waals surface area contributed by atoms with Gasteiger partial charge in [0.05, 0.1) is 14.2 Å². The van der Waals surface area contributed by atoms with Crippen LogP contribution in [0.2, 0.25) is 0 Å². The van der Waals surface area contributed by atoms with Gasteiger partial charge >= 0.3 is 11.9 Å². The van der Waals surface area contributed by atoms with Crippen LogP contribution in [0.3, 0.4) is 0 Å². The second-order valence-corrected chi connectivity index (χ2v) is 4.37. The molecule has 1 heterocycles. The molecule has 0 spiro atoms. The third kappa shape index (κ3) is 1.79. The largest absolute Gasteiger partial charge is 0.482 e. The first kappa shape index (κ1) is 12.0. The molecule has 0 amide bonds. The van der Waals surface area contributed by atoms with Crippen molar-refractivity contribution in [2.75, 3.05) is 14.2 Å². The Hall–Kier alpha value is -1.52. The topological polar surface area (TPSA) is 61.8 Å². The summed E-state index contributed by atoms with van der Waals surface area (Å²) in [5.41, 5.74) is -0.772. The molecule has 1 saturated heterocycles. The lowest BCUT2D eigenvalue weighted by Gasteiger charge is -2.27. The molecule has 1 aliphatic carbocycles. The molecule has 1 fully saturated rings. The molecule has 0 N–H and O–H groups in total. The minimum absolute atomic E-state index is 0.318. The monoisotopic (exact) mass is 240 g/mol. The van der Waals surface area contributed by atoms with Crippen molar-refractivity contribution in [1.82, 2.24) is 0 Å². The first-order chi connectivity index (χ1) is 8.14. The van der Waals surface area contributed by atoms with Gasteiger partial charge in [-0.05, 0) is 25.3 Å². The Labute approximate surface area is 99.7 Å². The van der Waals surface area contributed by atoms with Crippen molar-refractivity contribution in [2.45, 2.75) is 31.8 Å². The number of allylic oxidation sites excluding steroid dienone is 1. The van der Waals surface area contributed by atoms with Gasteiger partial charge in [0.25, 0.3) is 0 Å². The van der Waals surface area contributed by atoms with Gasteiger partial charge in [0.1, 0.15) is 11.2 Å². The average molecular weight is 240 g/mol. The smallest absolute Gasteiger partial charge is 0.347 e. The molecule has 17 heavy (non-hydrogen) atoms. The van der Waals surface area contributed by atoms with E-state index >= 15 is 0 Å². The third-order valence-corrected chi connectivity index (χ3v) is 3.45. The van der Waals surface area contributed by atoms with Gasteiger partial charge < -0.3 is 14.2 Å². The third-order valence-electron chi connectivity index (χ3n) is 3.45. The van der Waals surface area contributed by atoms with E-state index in [0.717, 1.165) is 12.8 Å². The van der Waals surface area contributed by atoms with Gasteiger partial charge in [-0.3, -0.25) is 4.79 Å². The number of carbonyl (C=O) groups is 2. The predicted molar refractivity (Wildman–Crippen MR) is 57.9 cm³/mol. The zero-order chi connectivity index (χ0) is 12.5. The summed E-state index contributed by atoms with van der Waals surface area (Å²) >= 11 is 0. The molecular weight excluding hydrogens is 224 g/mol. The second kappa shape index (κ2) is 4.39. The molecule has 0 bridgehead atoms. The van der Waals surface area contributed by atoms with E-state index in [1.165, 1.54) is 14.2 Å². The Morgan fingerprint density at radius 1 is 1.41 bits per heavy atom. The number of rotatable bonds is 2. The maximum absolute atomic E-state index is 11.9. The zero-order valence-corrected chi connectivity index (χ0v) is 10.0. The SMILES string of the molecule is COC(=O)C1C[C@]2(C(=O)OC)CCCC=C2O1. The van der Waals surface area contributed by atoms with E-state index in [4.69, 9.17) is 9.47 Å². The van der Waals surface area contributed by atoms with Crippen LogP contribution in [0, 0.1) is 5.41 Å². The number of carbonyl (C=O) groups excluding carboxylic acids is 2. The first-order valence-corrected chi connectivity index (χ1v) is 5.67. The lowest BCUT2D eigenvalue weighted by atomic mass is 9.75. The summed E-state index contributed by atoms with van der Waals surface area (Å²) in [6.07, 6.45) is 3.93. The van der Waals surface area contributed by atoms with E-state index in [-0.39, 0.29) is 5.97 Å². The molecular formula is C12H16O5. The molecule has 5 nitrogen and oxygen atoms in total. The van der Waals surface area contributed by atoms with Crippen LogP contribution in [0.4, 0.5) is 0 Å². The van der Waals surface area contributed by atoms with Crippen molar-refractivity contribution in [3.8, 4) is 0 Å². The Morgan fingerprint density at radius 3 is 2.82 bits per heavy atom. The molecule has 0 radical (unpaired) electrons. The van der Waals surface area contributed by atoms with Crippen LogP contribution in [0.5, 0.6) is 0 Å². The summed E-state index contributed by atoms with van der Waals surface area (Å²) in [4.78, 5) is 23.4. The van der Waals surface area contributed by atoms with Crippen molar-refractivity contribution in [2.24, 2.45) is 5.41 Å². The van der Waals surface area contributed by atoms with Gasteiger partial charge in [-0.2, -0.15) is 0 Å². The molecule has 1 unspecified atom stereocenters. The van der Waals surface area contributed by atoms with Crippen LogP contribution in [0.1, 0.15) is 25.7 Å². The standard InChI is InChI=1S/C12H16O5/c1-15-10(13)8-7-12(11(14)16-2)6-4-3-5-9(12)17-8/h5,8H,3-4,6-7H2,1-2H3/t8?,12-/m1/s1. The maximum atomic E-state index is 11.9. The summed E-state index contributed by atoms with van der Waals surface area (Å²) in [5.74, 6) is -0.190. The molecule has 1 aliphatic heterocycles. The Morgan fingerprint density at radius 2 is 2.18 bits per heavy atom. The van der Waals surface area contributed by atoms with Crippen LogP contribution in [0.25, 0.3) is 0 Å². The lowest BCUT2D eigenvalue weighted by molar-refractivity contribution is -0.151. The molecule has 0 aromatic carbocycles. The molecule has 2 atom stereocenters. The van der Waals surface area contributed by atoms with Crippen molar-refractivity contribution in [3.63, 3.8) is 0 Å². The number of hydrogen-bond donors (Lipinski definition) is 0. The normalized spacial score (nSPS) is 30.9. The predicted octanol–water partition coefficient (Wildman–Crippen LogP) is 1.18. The fourth-order valence-electron chi connectivity index (χ4n) is 2.57. The van der Waals surface area contributed by atoms with E-state index in [0.29, 0.717) is 18.6 Å². The molecule has 2 rings (SSSR count). The van der Waals surface area contributed by atoms with Crippen LogP contribution in [-0.4, -0.2) is 32.3 Å². The van der Waals surface area contributed by atoms with Crippen molar-refractivity contribution in [3.05, 3.63) is 11.8 Å². The summed E-state index contributed by atoms with van der Waals surface area (Å²) in [5, 5.41) is 0. The van der Waals surface area contributed by atoms with Crippen LogP contribution in [0.15, 0.2) is 11.8 Å². The minimum atomic E-state index is -0.772. The zero-order valence-electron chi connectivity index (χ0n) is 10.0. The van der Waals surface area contributed by atoms with Gasteiger partial charge in [0, 0.05) is 6.42 Å². The number of ether oxygens (including phenoxy) is 3. The van der Waals surface area contributed by atoms with Crippen LogP contribution < -0.4 is 0 Å². The molecule has 5 heteroatoms. The molecule has 0 saturated carbocycles. The van der Waals surface area contributed by atoms with E-state index in [1.807, 2.05) is 6.08 Å². The average Bonchev–Trinajstić information content (AvgIpc) is 2.77. The number of methoxy groups -OCH3 is 2. The molecule has 0 aromatic rings. The highest BCUT2D eigenvalue weighted by molar-refractivity contribution is 5.84. The number of fused-ring (bicyclic) bond motifs is 1. The summed E-state index contributed by atoms with van der Waals surface area (Å²) in [7, 11) is 2.67. The Bertz CT molecular complexity index is 373. The van der Waals surface area contributed by atoms with Crippen molar-refractivity contribution in [1.29, 1.82) is 0 Å². The highest BCUT2D eigenvalue weighted by atomic mass is 16.6. The summed E-state index contributed by atoms with van der Waals surface area (Å²) in [6.45, 7) is 0. The van der Waals surface area contributed by atoms with Crippen LogP contribution >= 0.6 is 0 Å². The van der Waals surface area contributed by atoms with E-state index in [2.05, 4.69) is 4.74 Å². The molecule has 94 valence electrons. The minimum Gasteiger partial charge on any atom is -0.482 e. The van der Waals surface area contributed by atoms with E-state index < -0.39 is 17.5 Å². The van der Waals surface area contributed by atoms with Crippen molar-refractivity contribution >= 4 is 11.9 Å². The Balaban J connectivity index is 2.29. The fraction of sp³-hybridized carbons (Fsp3) is 0.667. The molecule has 2 aliphatic rings. The highest BCUT2D eigenvalue weighted by Gasteiger charge is 2.54. The van der Waals surface area contributed by atoms with Crippen LogP contribution in [-0.2, 0) is 23.8 Å². The Kier molecular flexibility index (Phi) is 3.09. The second-order valence-electron chi connectivity index (χ2n) is 4.37. The van der Waals surface area contributed by atoms with Gasteiger partial charge in [0.15, 0.2) is 6.10 Å². The van der Waals surface area contributed by atoms with Gasteiger partial charge in [-0.1, -0.05) is 0 Å². The summed E-state index contributed by atoms with van der Waals surface area (Å²) < 4.78 is 15.0.